The zero-order chi connectivity index (χ0) is 21.4. The summed E-state index contributed by atoms with van der Waals surface area (Å²) in [7, 11) is 2.00. The summed E-state index contributed by atoms with van der Waals surface area (Å²) in [6.45, 7) is 4.56. The quantitative estimate of drug-likeness (QED) is 0.507. The lowest BCUT2D eigenvalue weighted by Crippen LogP contribution is -2.30. The highest BCUT2D eigenvalue weighted by atomic mass is 16.5. The standard InChI is InChI=1S/C23H25N3O4/c1-4-30-20(12-21(27)28)26-18-10-6-5-9-17(18)25(23(26)29)14-16-13-24(3)19-11-7-8-15(2)22(16)19/h5-11,13,20H,4,12,14H2,1-3H3,(H,27,28). The van der Waals surface area contributed by atoms with E-state index >= 15 is 0 Å². The maximum atomic E-state index is 13.5. The molecular weight excluding hydrogens is 382 g/mol. The van der Waals surface area contributed by atoms with E-state index in [1.165, 1.54) is 4.57 Å². The zero-order valence-electron chi connectivity index (χ0n) is 17.3. The van der Waals surface area contributed by atoms with Crippen molar-refractivity contribution in [3.05, 3.63) is 70.3 Å². The summed E-state index contributed by atoms with van der Waals surface area (Å²) >= 11 is 0. The van der Waals surface area contributed by atoms with Crippen molar-refractivity contribution in [2.75, 3.05) is 6.61 Å². The highest BCUT2D eigenvalue weighted by molar-refractivity contribution is 5.87. The number of ether oxygens (including phenoxy) is 1. The highest BCUT2D eigenvalue weighted by Gasteiger charge is 2.23. The number of nitrogens with zero attached hydrogens (tertiary/aromatic N) is 3. The van der Waals surface area contributed by atoms with E-state index in [1.807, 2.05) is 43.6 Å². The molecule has 0 aliphatic heterocycles. The molecule has 4 aromatic rings. The number of aromatic nitrogens is 3. The molecule has 2 aromatic carbocycles. The fourth-order valence-corrected chi connectivity index (χ4v) is 4.25. The molecular formula is C23H25N3O4. The van der Waals surface area contributed by atoms with Crippen molar-refractivity contribution in [1.82, 2.24) is 13.7 Å². The monoisotopic (exact) mass is 407 g/mol. The third kappa shape index (κ3) is 3.31. The third-order valence-electron chi connectivity index (χ3n) is 5.50. The molecule has 4 rings (SSSR count). The van der Waals surface area contributed by atoms with Crippen molar-refractivity contribution in [2.45, 2.75) is 33.0 Å². The van der Waals surface area contributed by atoms with E-state index in [9.17, 15) is 14.7 Å². The zero-order valence-corrected chi connectivity index (χ0v) is 17.3. The lowest BCUT2D eigenvalue weighted by atomic mass is 10.1. The number of aliphatic carboxylic acids is 1. The number of benzene rings is 2. The summed E-state index contributed by atoms with van der Waals surface area (Å²) in [5.74, 6) is -1.01. The topological polar surface area (TPSA) is 78.4 Å². The van der Waals surface area contributed by atoms with Crippen LogP contribution in [0.15, 0.2) is 53.5 Å². The molecule has 7 heteroatoms. The number of carboxylic acids is 1. The second-order valence-electron chi connectivity index (χ2n) is 7.47. The maximum absolute atomic E-state index is 13.5. The van der Waals surface area contributed by atoms with Crippen LogP contribution in [0.25, 0.3) is 21.9 Å². The van der Waals surface area contributed by atoms with E-state index < -0.39 is 12.2 Å². The Labute approximate surface area is 173 Å². The number of imidazole rings is 1. The average Bonchev–Trinajstić information content (AvgIpc) is 3.17. The Bertz CT molecular complexity index is 1300. The van der Waals surface area contributed by atoms with Crippen molar-refractivity contribution in [3.8, 4) is 0 Å². The minimum Gasteiger partial charge on any atom is -0.481 e. The normalized spacial score (nSPS) is 12.6. The number of fused-ring (bicyclic) bond motifs is 2. The highest BCUT2D eigenvalue weighted by Crippen LogP contribution is 2.27. The predicted molar refractivity (Wildman–Crippen MR) is 116 cm³/mol. The van der Waals surface area contributed by atoms with Gasteiger partial charge in [-0.15, -0.1) is 0 Å². The minimum atomic E-state index is -1.01. The molecule has 1 atom stereocenters. The van der Waals surface area contributed by atoms with Crippen LogP contribution < -0.4 is 5.69 Å². The second kappa shape index (κ2) is 7.84. The van der Waals surface area contributed by atoms with E-state index in [0.29, 0.717) is 18.7 Å². The Morgan fingerprint density at radius 2 is 1.80 bits per heavy atom. The molecule has 0 saturated carbocycles. The van der Waals surface area contributed by atoms with Gasteiger partial charge in [0.05, 0.1) is 24.0 Å². The Balaban J connectivity index is 1.90. The Kier molecular flexibility index (Phi) is 5.22. The summed E-state index contributed by atoms with van der Waals surface area (Å²) in [6, 6.07) is 13.6. The van der Waals surface area contributed by atoms with Crippen molar-refractivity contribution >= 4 is 27.9 Å². The van der Waals surface area contributed by atoms with Gasteiger partial charge < -0.3 is 14.4 Å². The van der Waals surface area contributed by atoms with Gasteiger partial charge in [0.15, 0.2) is 0 Å². The molecule has 30 heavy (non-hydrogen) atoms. The van der Waals surface area contributed by atoms with Crippen LogP contribution in [0.3, 0.4) is 0 Å². The van der Waals surface area contributed by atoms with Crippen LogP contribution >= 0.6 is 0 Å². The lowest BCUT2D eigenvalue weighted by Gasteiger charge is -2.16. The first-order valence-electron chi connectivity index (χ1n) is 9.99. The summed E-state index contributed by atoms with van der Waals surface area (Å²) in [5, 5.41) is 10.5. The average molecular weight is 407 g/mol. The molecule has 0 saturated heterocycles. The SMILES string of the molecule is CCOC(CC(=O)O)n1c(=O)n(Cc2cn(C)c3cccc(C)c23)c2ccccc21. The van der Waals surface area contributed by atoms with Crippen LogP contribution in [0.2, 0.25) is 0 Å². The van der Waals surface area contributed by atoms with Gasteiger partial charge in [-0.05, 0) is 43.2 Å². The molecule has 0 bridgehead atoms. The van der Waals surface area contributed by atoms with Crippen molar-refractivity contribution in [3.63, 3.8) is 0 Å². The van der Waals surface area contributed by atoms with Crippen molar-refractivity contribution in [2.24, 2.45) is 7.05 Å². The fourth-order valence-electron chi connectivity index (χ4n) is 4.25. The molecule has 0 amide bonds. The first kappa shape index (κ1) is 20.0. The van der Waals surface area contributed by atoms with E-state index in [1.54, 1.807) is 11.5 Å². The number of rotatable bonds is 7. The predicted octanol–water partition coefficient (Wildman–Crippen LogP) is 3.66. The molecule has 156 valence electrons. The maximum Gasteiger partial charge on any atom is 0.331 e. The first-order valence-corrected chi connectivity index (χ1v) is 9.99. The summed E-state index contributed by atoms with van der Waals surface area (Å²) in [6.07, 6.45) is 0.906. The molecule has 0 fully saturated rings. The number of para-hydroxylation sites is 2. The van der Waals surface area contributed by atoms with E-state index in [2.05, 4.69) is 23.6 Å². The van der Waals surface area contributed by atoms with Gasteiger partial charge in [-0.25, -0.2) is 4.79 Å². The molecule has 2 aromatic heterocycles. The van der Waals surface area contributed by atoms with Crippen LogP contribution in [-0.2, 0) is 23.1 Å². The number of carboxylic acid groups (broad SMARTS) is 1. The van der Waals surface area contributed by atoms with Gasteiger partial charge in [-0.2, -0.15) is 0 Å². The molecule has 0 aliphatic carbocycles. The van der Waals surface area contributed by atoms with E-state index in [4.69, 9.17) is 4.74 Å². The van der Waals surface area contributed by atoms with Gasteiger partial charge in [0, 0.05) is 30.8 Å². The van der Waals surface area contributed by atoms with Gasteiger partial charge in [0.25, 0.3) is 0 Å². The molecule has 1 N–H and O–H groups in total. The Morgan fingerprint density at radius 3 is 2.50 bits per heavy atom. The second-order valence-corrected chi connectivity index (χ2v) is 7.47. The summed E-state index contributed by atoms with van der Waals surface area (Å²) in [4.78, 5) is 24.8. The number of hydrogen-bond donors (Lipinski definition) is 1. The Morgan fingerprint density at radius 1 is 1.10 bits per heavy atom. The van der Waals surface area contributed by atoms with Gasteiger partial charge >= 0.3 is 11.7 Å². The number of aryl methyl sites for hydroxylation is 2. The van der Waals surface area contributed by atoms with Crippen LogP contribution in [0.1, 0.15) is 30.7 Å². The molecule has 7 nitrogen and oxygen atoms in total. The third-order valence-corrected chi connectivity index (χ3v) is 5.50. The summed E-state index contributed by atoms with van der Waals surface area (Å²) < 4.78 is 10.9. The summed E-state index contributed by atoms with van der Waals surface area (Å²) in [5.41, 5.74) is 4.45. The van der Waals surface area contributed by atoms with Crippen molar-refractivity contribution in [1.29, 1.82) is 0 Å². The van der Waals surface area contributed by atoms with Crippen LogP contribution in [-0.4, -0.2) is 31.4 Å². The van der Waals surface area contributed by atoms with Gasteiger partial charge in [0.2, 0.25) is 0 Å². The van der Waals surface area contributed by atoms with Gasteiger partial charge in [-0.1, -0.05) is 24.3 Å². The van der Waals surface area contributed by atoms with Crippen molar-refractivity contribution < 1.29 is 14.6 Å². The molecule has 0 radical (unpaired) electrons. The smallest absolute Gasteiger partial charge is 0.331 e. The van der Waals surface area contributed by atoms with E-state index in [0.717, 1.165) is 27.5 Å². The fraction of sp³-hybridized carbons (Fsp3) is 0.304. The number of hydrogen-bond acceptors (Lipinski definition) is 3. The van der Waals surface area contributed by atoms with Crippen LogP contribution in [0.5, 0.6) is 0 Å². The van der Waals surface area contributed by atoms with Gasteiger partial charge in [-0.3, -0.25) is 13.9 Å². The van der Waals surface area contributed by atoms with E-state index in [-0.39, 0.29) is 12.1 Å². The first-order chi connectivity index (χ1) is 14.4. The van der Waals surface area contributed by atoms with Crippen LogP contribution in [0, 0.1) is 6.92 Å². The van der Waals surface area contributed by atoms with Gasteiger partial charge in [0.1, 0.15) is 6.23 Å². The molecule has 0 aliphatic rings. The molecule has 0 spiro atoms. The number of carbonyl (C=O) groups is 1. The van der Waals surface area contributed by atoms with Crippen LogP contribution in [0.4, 0.5) is 0 Å². The largest absolute Gasteiger partial charge is 0.481 e. The minimum absolute atomic E-state index is 0.276. The lowest BCUT2D eigenvalue weighted by molar-refractivity contribution is -0.142. The Hall–Kier alpha value is -3.32. The molecule has 2 heterocycles. The molecule has 1 unspecified atom stereocenters.